The molecule has 0 aliphatic carbocycles. The average molecular weight is 725 g/mol. The lowest BCUT2D eigenvalue weighted by molar-refractivity contribution is -0.384. The number of anilines is 1. The van der Waals surface area contributed by atoms with Crippen LogP contribution in [0.25, 0.3) is 43.1 Å². The fraction of sp³-hybridized carbons (Fsp3) is 0.381. The second kappa shape index (κ2) is 16.2. The molecule has 0 N–H and O–H groups in total. The molecule has 0 saturated carbocycles. The molecule has 0 aliphatic rings. The number of benzene rings is 3. The van der Waals surface area contributed by atoms with Crippen LogP contribution in [0.4, 0.5) is 11.4 Å². The van der Waals surface area contributed by atoms with Gasteiger partial charge in [0.25, 0.3) is 5.69 Å². The minimum Gasteiger partial charge on any atom is -0.417 e. The van der Waals surface area contributed by atoms with Crippen LogP contribution in [0.5, 0.6) is 0 Å². The summed E-state index contributed by atoms with van der Waals surface area (Å²) in [7, 11) is 0.586. The summed E-state index contributed by atoms with van der Waals surface area (Å²) in [6.07, 6.45) is 10.2. The molecule has 5 aromatic rings. The lowest BCUT2D eigenvalue weighted by Gasteiger charge is -2.36. The predicted molar refractivity (Wildman–Crippen MR) is 222 cm³/mol. The van der Waals surface area contributed by atoms with Crippen LogP contribution in [0.2, 0.25) is 18.1 Å². The third-order valence-corrected chi connectivity index (χ3v) is 16.9. The van der Waals surface area contributed by atoms with Gasteiger partial charge in [-0.2, -0.15) is 0 Å². The standard InChI is InChI=1S/C42H52N2O3S2Si/c1-30-15-14-16-33(25-30)37-27-34(19-22-38(37)43(6)23-12-10-9-11-13-24-47-50(7,8)42(3,4)5)39-29-41-40(49-39)28-36(48-41)21-18-32-17-20-35(44(45)46)26-31(32)2/h14-22,25-29H,9-13,23-24H2,1-8H3/b21-18+. The van der Waals surface area contributed by atoms with Gasteiger partial charge in [-0.1, -0.05) is 82.0 Å². The lowest BCUT2D eigenvalue weighted by atomic mass is 9.98. The number of hydrogen-bond donors (Lipinski definition) is 0. The fourth-order valence-electron chi connectivity index (χ4n) is 5.92. The Kier molecular flexibility index (Phi) is 12.2. The Morgan fingerprint density at radius 1 is 0.840 bits per heavy atom. The summed E-state index contributed by atoms with van der Waals surface area (Å²) < 4.78 is 8.92. The average Bonchev–Trinajstić information content (AvgIpc) is 3.64. The monoisotopic (exact) mass is 724 g/mol. The number of nitro groups is 1. The fourth-order valence-corrected chi connectivity index (χ4v) is 9.32. The molecule has 8 heteroatoms. The van der Waals surface area contributed by atoms with Crippen molar-refractivity contribution in [2.24, 2.45) is 0 Å². The number of nitrogens with zero attached hydrogens (tertiary/aromatic N) is 2. The second-order valence-electron chi connectivity index (χ2n) is 15.0. The van der Waals surface area contributed by atoms with Gasteiger partial charge in [0.1, 0.15) is 0 Å². The highest BCUT2D eigenvalue weighted by molar-refractivity contribution is 7.29. The first kappa shape index (κ1) is 37.7. The molecule has 50 heavy (non-hydrogen) atoms. The van der Waals surface area contributed by atoms with Crippen LogP contribution >= 0.6 is 22.7 Å². The van der Waals surface area contributed by atoms with Crippen molar-refractivity contribution in [2.45, 2.75) is 84.9 Å². The van der Waals surface area contributed by atoms with Gasteiger partial charge in [-0.15, -0.1) is 22.7 Å². The Balaban J connectivity index is 1.24. The van der Waals surface area contributed by atoms with Gasteiger partial charge in [0.15, 0.2) is 8.32 Å². The lowest BCUT2D eigenvalue weighted by Crippen LogP contribution is -2.40. The third-order valence-electron chi connectivity index (χ3n) is 10.0. The van der Waals surface area contributed by atoms with E-state index in [4.69, 9.17) is 4.43 Å². The van der Waals surface area contributed by atoms with E-state index in [1.54, 1.807) is 23.5 Å². The Hall–Kier alpha value is -3.56. The summed E-state index contributed by atoms with van der Waals surface area (Å²) in [5.41, 5.74) is 8.31. The predicted octanol–water partition coefficient (Wildman–Crippen LogP) is 13.4. The van der Waals surface area contributed by atoms with E-state index in [2.05, 4.69) is 113 Å². The first-order chi connectivity index (χ1) is 23.7. The number of non-ortho nitro benzene ring substituents is 1. The van der Waals surface area contributed by atoms with Crippen molar-refractivity contribution in [2.75, 3.05) is 25.1 Å². The molecule has 0 bridgehead atoms. The van der Waals surface area contributed by atoms with E-state index >= 15 is 0 Å². The zero-order chi connectivity index (χ0) is 36.1. The van der Waals surface area contributed by atoms with Crippen molar-refractivity contribution in [3.05, 3.63) is 104 Å². The maximum atomic E-state index is 11.1. The highest BCUT2D eigenvalue weighted by atomic mass is 32.1. The highest BCUT2D eigenvalue weighted by Crippen LogP contribution is 2.42. The number of fused-ring (bicyclic) bond motifs is 1. The summed E-state index contributed by atoms with van der Waals surface area (Å²) in [6.45, 7) is 17.6. The molecule has 2 aromatic heterocycles. The van der Waals surface area contributed by atoms with Crippen LogP contribution in [0.1, 0.15) is 74.4 Å². The molecule has 5 nitrogen and oxygen atoms in total. The minimum absolute atomic E-state index is 0.124. The van der Waals surface area contributed by atoms with Crippen LogP contribution in [0.3, 0.4) is 0 Å². The van der Waals surface area contributed by atoms with Crippen molar-refractivity contribution in [1.29, 1.82) is 0 Å². The largest absolute Gasteiger partial charge is 0.417 e. The number of nitro benzene ring substituents is 1. The molecule has 0 radical (unpaired) electrons. The molecule has 0 aliphatic heterocycles. The van der Waals surface area contributed by atoms with Gasteiger partial charge in [0.05, 0.1) is 4.92 Å². The van der Waals surface area contributed by atoms with Crippen LogP contribution in [0.15, 0.2) is 72.8 Å². The Bertz CT molecular complexity index is 1940. The molecule has 264 valence electrons. The minimum atomic E-state index is -1.65. The van der Waals surface area contributed by atoms with Crippen molar-refractivity contribution in [3.8, 4) is 21.6 Å². The van der Waals surface area contributed by atoms with E-state index in [0.717, 1.165) is 30.7 Å². The van der Waals surface area contributed by atoms with Crippen molar-refractivity contribution in [1.82, 2.24) is 0 Å². The molecule has 0 atom stereocenters. The second-order valence-corrected chi connectivity index (χ2v) is 22.0. The number of hydrogen-bond acceptors (Lipinski definition) is 6. The Morgan fingerprint density at radius 2 is 1.58 bits per heavy atom. The van der Waals surface area contributed by atoms with Gasteiger partial charge in [0, 0.05) is 62.7 Å². The zero-order valence-electron chi connectivity index (χ0n) is 31.0. The summed E-state index contributed by atoms with van der Waals surface area (Å²) >= 11 is 3.61. The summed E-state index contributed by atoms with van der Waals surface area (Å²) in [5, 5.41) is 11.4. The number of aryl methyl sites for hydroxylation is 2. The molecular weight excluding hydrogens is 673 g/mol. The van der Waals surface area contributed by atoms with Crippen LogP contribution in [-0.2, 0) is 4.43 Å². The van der Waals surface area contributed by atoms with E-state index in [9.17, 15) is 10.1 Å². The normalized spacial score (nSPS) is 12.3. The van der Waals surface area contributed by atoms with Crippen LogP contribution in [-0.4, -0.2) is 33.4 Å². The van der Waals surface area contributed by atoms with Crippen LogP contribution in [0, 0.1) is 24.0 Å². The molecule has 0 saturated heterocycles. The first-order valence-corrected chi connectivity index (χ1v) is 22.3. The molecular formula is C42H52N2O3S2Si. The zero-order valence-corrected chi connectivity index (χ0v) is 33.6. The molecule has 0 amide bonds. The molecule has 0 unspecified atom stereocenters. The molecule has 0 fully saturated rings. The highest BCUT2D eigenvalue weighted by Gasteiger charge is 2.36. The summed E-state index contributed by atoms with van der Waals surface area (Å²) in [4.78, 5) is 15.6. The van der Waals surface area contributed by atoms with Gasteiger partial charge < -0.3 is 9.33 Å². The van der Waals surface area contributed by atoms with Crippen LogP contribution < -0.4 is 4.90 Å². The maximum Gasteiger partial charge on any atom is 0.269 e. The van der Waals surface area contributed by atoms with Gasteiger partial charge in [-0.3, -0.25) is 10.1 Å². The SMILES string of the molecule is Cc1cccc(-c2cc(-c3cc4sc(/C=C/c5ccc([N+](=O)[O-])cc5C)cc4s3)ccc2N(C)CCCCCCCO[Si](C)(C)C(C)(C)C)c1. The Morgan fingerprint density at radius 3 is 2.28 bits per heavy atom. The first-order valence-electron chi connectivity index (χ1n) is 17.7. The van der Waals surface area contributed by atoms with Crippen molar-refractivity contribution < 1.29 is 9.35 Å². The van der Waals surface area contributed by atoms with E-state index < -0.39 is 8.32 Å². The number of unbranched alkanes of at least 4 members (excludes halogenated alkanes) is 4. The molecule has 5 rings (SSSR count). The molecule has 2 heterocycles. The molecule has 0 spiro atoms. The topological polar surface area (TPSA) is 55.6 Å². The van der Waals surface area contributed by atoms with Gasteiger partial charge in [-0.25, -0.2) is 0 Å². The summed E-state index contributed by atoms with van der Waals surface area (Å²) in [5.74, 6) is 0. The molecule has 3 aromatic carbocycles. The summed E-state index contributed by atoms with van der Waals surface area (Å²) in [6, 6.07) is 25.4. The van der Waals surface area contributed by atoms with E-state index in [-0.39, 0.29) is 15.6 Å². The quantitative estimate of drug-likeness (QED) is 0.0467. The van der Waals surface area contributed by atoms with Gasteiger partial charge in [-0.05, 0) is 103 Å². The van der Waals surface area contributed by atoms with Gasteiger partial charge >= 0.3 is 0 Å². The van der Waals surface area contributed by atoms with Crippen molar-refractivity contribution >= 4 is 63.9 Å². The van der Waals surface area contributed by atoms with E-state index in [1.807, 2.05) is 30.4 Å². The number of thiophene rings is 2. The number of rotatable bonds is 15. The third kappa shape index (κ3) is 9.40. The van der Waals surface area contributed by atoms with Crippen molar-refractivity contribution in [3.63, 3.8) is 0 Å². The maximum absolute atomic E-state index is 11.1. The van der Waals surface area contributed by atoms with E-state index in [1.165, 1.54) is 72.8 Å². The van der Waals surface area contributed by atoms with Gasteiger partial charge in [0.2, 0.25) is 0 Å². The smallest absolute Gasteiger partial charge is 0.269 e. The Labute approximate surface area is 307 Å². The van der Waals surface area contributed by atoms with E-state index in [0.29, 0.717) is 0 Å².